The molecule has 0 N–H and O–H groups in total. The van der Waals surface area contributed by atoms with E-state index in [1.165, 1.54) is 32.4 Å². The van der Waals surface area contributed by atoms with E-state index in [2.05, 4.69) is 4.98 Å². The van der Waals surface area contributed by atoms with Crippen LogP contribution in [-0.4, -0.2) is 23.8 Å². The summed E-state index contributed by atoms with van der Waals surface area (Å²) in [6, 6.07) is 7.76. The molecule has 4 aromatic rings. The van der Waals surface area contributed by atoms with Gasteiger partial charge in [0, 0.05) is 22.5 Å². The summed E-state index contributed by atoms with van der Waals surface area (Å²) in [5.41, 5.74) is -8.86. The average molecular weight is 508 g/mol. The average Bonchev–Trinajstić information content (AvgIpc) is 3.15. The molecule has 0 radical (unpaired) electrons. The smallest absolute Gasteiger partial charge is 0.434 e. The van der Waals surface area contributed by atoms with Gasteiger partial charge in [-0.25, -0.2) is 4.98 Å². The molecule has 0 saturated carbocycles. The van der Waals surface area contributed by atoms with Crippen LogP contribution in [0.3, 0.4) is 0 Å². The highest BCUT2D eigenvalue weighted by atomic mass is 19.4. The highest BCUT2D eigenvalue weighted by Crippen LogP contribution is 2.51. The first-order valence-electron chi connectivity index (χ1n) is 9.60. The lowest BCUT2D eigenvalue weighted by Gasteiger charge is -2.17. The van der Waals surface area contributed by atoms with Crippen LogP contribution in [0.1, 0.15) is 17.0 Å². The fourth-order valence-corrected chi connectivity index (χ4v) is 3.92. The van der Waals surface area contributed by atoms with E-state index in [4.69, 9.17) is 9.47 Å². The molecule has 0 fully saturated rings. The molecule has 13 heteroatoms. The predicted molar refractivity (Wildman–Crippen MR) is 107 cm³/mol. The van der Waals surface area contributed by atoms with Crippen molar-refractivity contribution in [2.45, 2.75) is 18.5 Å². The number of benzene rings is 2. The number of halogens is 9. The second-order valence-corrected chi connectivity index (χ2v) is 7.32. The highest BCUT2D eigenvalue weighted by molar-refractivity contribution is 6.09. The molecule has 2 heterocycles. The van der Waals surface area contributed by atoms with Crippen molar-refractivity contribution in [2.24, 2.45) is 0 Å². The Kier molecular flexibility index (Phi) is 5.56. The first kappa shape index (κ1) is 24.5. The number of nitrogens with zero attached hydrogens (tertiary/aromatic N) is 2. The fourth-order valence-electron chi connectivity index (χ4n) is 3.92. The molecule has 35 heavy (non-hydrogen) atoms. The molecule has 0 bridgehead atoms. The first-order valence-corrected chi connectivity index (χ1v) is 9.60. The van der Waals surface area contributed by atoms with Gasteiger partial charge in [0.2, 0.25) is 0 Å². The number of rotatable bonds is 3. The van der Waals surface area contributed by atoms with Crippen molar-refractivity contribution in [1.29, 1.82) is 0 Å². The largest absolute Gasteiger partial charge is 0.497 e. The summed E-state index contributed by atoms with van der Waals surface area (Å²) in [5, 5.41) is -2.13. The Labute approximate surface area is 190 Å². The molecule has 4 rings (SSSR count). The Morgan fingerprint density at radius 1 is 0.743 bits per heavy atom. The van der Waals surface area contributed by atoms with Crippen molar-refractivity contribution in [3.05, 3.63) is 59.4 Å². The lowest BCUT2D eigenvalue weighted by molar-refractivity contribution is -0.164. The molecule has 0 amide bonds. The second kappa shape index (κ2) is 7.95. The summed E-state index contributed by atoms with van der Waals surface area (Å²) in [5.74, 6) is -0.0427. The number of hydrogen-bond acceptors (Lipinski definition) is 3. The van der Waals surface area contributed by atoms with E-state index < -0.39 is 63.0 Å². The monoisotopic (exact) mass is 508 g/mol. The van der Waals surface area contributed by atoms with E-state index in [1.807, 2.05) is 0 Å². The molecule has 186 valence electrons. The molecule has 0 aliphatic carbocycles. The van der Waals surface area contributed by atoms with Crippen molar-refractivity contribution in [3.8, 4) is 17.2 Å². The first-order chi connectivity index (χ1) is 16.2. The van der Waals surface area contributed by atoms with Gasteiger partial charge in [-0.1, -0.05) is 6.07 Å². The van der Waals surface area contributed by atoms with Crippen LogP contribution in [0.2, 0.25) is 0 Å². The van der Waals surface area contributed by atoms with Crippen LogP contribution < -0.4 is 9.47 Å². The molecule has 0 aliphatic rings. The lowest BCUT2D eigenvalue weighted by Crippen LogP contribution is -2.19. The summed E-state index contributed by atoms with van der Waals surface area (Å²) in [6.07, 6.45) is -17.0. The minimum atomic E-state index is -5.82. The quantitative estimate of drug-likeness (QED) is 0.274. The van der Waals surface area contributed by atoms with Crippen LogP contribution in [-0.2, 0) is 18.5 Å². The molecular weight excluding hydrogens is 495 g/mol. The van der Waals surface area contributed by atoms with E-state index in [9.17, 15) is 39.5 Å². The Bertz CT molecular complexity index is 1430. The molecule has 2 aromatic heterocycles. The van der Waals surface area contributed by atoms with Crippen LogP contribution in [0.5, 0.6) is 11.5 Å². The summed E-state index contributed by atoms with van der Waals surface area (Å²) < 4.78 is 137. The molecular formula is C22H13F9N2O2. The third kappa shape index (κ3) is 4.08. The lowest BCUT2D eigenvalue weighted by atomic mass is 10.0. The number of aromatic nitrogens is 2. The SMILES string of the molecule is COc1cccc(-n2c(C(F)(F)F)c(C(F)(F)F)c3c(C(F)(F)F)nc4ccc(OC)cc4c32)c1. The third-order valence-electron chi connectivity index (χ3n) is 5.23. The third-order valence-corrected chi connectivity index (χ3v) is 5.23. The van der Waals surface area contributed by atoms with Crippen molar-refractivity contribution in [2.75, 3.05) is 14.2 Å². The van der Waals surface area contributed by atoms with Gasteiger partial charge >= 0.3 is 18.5 Å². The van der Waals surface area contributed by atoms with Gasteiger partial charge in [0.05, 0.1) is 30.8 Å². The van der Waals surface area contributed by atoms with Crippen molar-refractivity contribution in [1.82, 2.24) is 9.55 Å². The van der Waals surface area contributed by atoms with Crippen LogP contribution in [0.15, 0.2) is 42.5 Å². The highest BCUT2D eigenvalue weighted by Gasteiger charge is 2.52. The van der Waals surface area contributed by atoms with E-state index in [0.717, 1.165) is 24.3 Å². The zero-order valence-electron chi connectivity index (χ0n) is 17.7. The Hall–Kier alpha value is -3.64. The van der Waals surface area contributed by atoms with Gasteiger partial charge in [-0.05, 0) is 30.3 Å². The van der Waals surface area contributed by atoms with Crippen LogP contribution in [0.4, 0.5) is 39.5 Å². The van der Waals surface area contributed by atoms with Gasteiger partial charge in [0.25, 0.3) is 0 Å². The van der Waals surface area contributed by atoms with E-state index in [1.54, 1.807) is 0 Å². The van der Waals surface area contributed by atoms with Gasteiger partial charge in [0.1, 0.15) is 17.2 Å². The predicted octanol–water partition coefficient (Wildman–Crippen LogP) is 7.25. The Morgan fingerprint density at radius 2 is 1.37 bits per heavy atom. The van der Waals surface area contributed by atoms with E-state index in [-0.39, 0.29) is 16.1 Å². The summed E-state index contributed by atoms with van der Waals surface area (Å²) in [7, 11) is 2.35. The van der Waals surface area contributed by atoms with Crippen LogP contribution >= 0.6 is 0 Å². The number of pyridine rings is 1. The summed E-state index contributed by atoms with van der Waals surface area (Å²) in [6.45, 7) is 0. The van der Waals surface area contributed by atoms with Gasteiger partial charge in [-0.2, -0.15) is 39.5 Å². The van der Waals surface area contributed by atoms with Gasteiger partial charge in [-0.3, -0.25) is 0 Å². The van der Waals surface area contributed by atoms with Gasteiger partial charge in [0.15, 0.2) is 5.69 Å². The van der Waals surface area contributed by atoms with Crippen LogP contribution in [0, 0.1) is 0 Å². The van der Waals surface area contributed by atoms with Crippen molar-refractivity contribution < 1.29 is 49.0 Å². The molecule has 0 saturated heterocycles. The molecule has 0 aliphatic heterocycles. The minimum absolute atomic E-state index is 0.0131. The zero-order valence-corrected chi connectivity index (χ0v) is 17.7. The molecule has 2 aromatic carbocycles. The van der Waals surface area contributed by atoms with Crippen molar-refractivity contribution >= 4 is 21.8 Å². The van der Waals surface area contributed by atoms with Crippen LogP contribution in [0.25, 0.3) is 27.5 Å². The molecule has 0 unspecified atom stereocenters. The van der Waals surface area contributed by atoms with Gasteiger partial charge in [-0.15, -0.1) is 0 Å². The van der Waals surface area contributed by atoms with Crippen molar-refractivity contribution in [3.63, 3.8) is 0 Å². The minimum Gasteiger partial charge on any atom is -0.497 e. The number of fused-ring (bicyclic) bond motifs is 3. The maximum Gasteiger partial charge on any atom is 0.434 e. The fraction of sp³-hybridized carbons (Fsp3) is 0.227. The maximum atomic E-state index is 14.2. The molecule has 0 atom stereocenters. The Balaban J connectivity index is 2.42. The number of alkyl halides is 9. The van der Waals surface area contributed by atoms with Gasteiger partial charge < -0.3 is 14.0 Å². The van der Waals surface area contributed by atoms with E-state index >= 15 is 0 Å². The normalized spacial score (nSPS) is 13.0. The number of ether oxygens (including phenoxy) is 2. The standard InChI is InChI=1S/C22H13F9N2O2/c1-34-11-5-3-4-10(8-11)33-17-13-9-12(35-2)6-7-14(13)32-18(21(26,27)28)15(17)16(20(23,24)25)19(33)22(29,30)31/h3-9H,1-2H3. The number of methoxy groups -OCH3 is 2. The zero-order chi connectivity index (χ0) is 25.9. The maximum absolute atomic E-state index is 14.2. The topological polar surface area (TPSA) is 36.3 Å². The molecule has 0 spiro atoms. The Morgan fingerprint density at radius 3 is 1.91 bits per heavy atom. The molecule has 4 nitrogen and oxygen atoms in total. The second-order valence-electron chi connectivity index (χ2n) is 7.32. The summed E-state index contributed by atoms with van der Waals surface area (Å²) in [4.78, 5) is 3.30. The van der Waals surface area contributed by atoms with E-state index in [0.29, 0.717) is 0 Å². The number of hydrogen-bond donors (Lipinski definition) is 0. The summed E-state index contributed by atoms with van der Waals surface area (Å²) >= 11 is 0.